The van der Waals surface area contributed by atoms with Gasteiger partial charge in [-0.05, 0) is 61.0 Å². The monoisotopic (exact) mass is 645 g/mol. The van der Waals surface area contributed by atoms with Gasteiger partial charge in [0.25, 0.3) is 0 Å². The van der Waals surface area contributed by atoms with Gasteiger partial charge in [0, 0.05) is 48.4 Å². The van der Waals surface area contributed by atoms with Crippen LogP contribution in [-0.4, -0.2) is 85.2 Å². The molecule has 4 heterocycles. The van der Waals surface area contributed by atoms with Crippen LogP contribution in [0, 0.1) is 17.5 Å². The highest BCUT2D eigenvalue weighted by atomic mass is 32.2. The molecule has 0 spiro atoms. The van der Waals surface area contributed by atoms with Crippen molar-refractivity contribution in [2.75, 3.05) is 43.9 Å². The standard InChI is InChI=1S/C31H31F4N5O4S/c1-45(42,43)38-19-7-10-39(15-19)29-22-5-4-21(23-12-20(41)11-17-3-6-24(33)27(35)25(17)23)26(34)28(22)36-30(37-29)44-16-31-8-2-9-40(31)14-18(32)13-31/h3-6,11-12,18-19,38,41H,2,7-10,13-16H2,1H3/t18-,19?,31+/m1/s1. The summed E-state index contributed by atoms with van der Waals surface area (Å²) in [7, 11) is -3.47. The number of ether oxygens (including phenoxy) is 1. The van der Waals surface area contributed by atoms with Crippen LogP contribution in [0.5, 0.6) is 11.8 Å². The third-order valence-electron chi connectivity index (χ3n) is 9.15. The van der Waals surface area contributed by atoms with Crippen LogP contribution in [0.3, 0.4) is 0 Å². The highest BCUT2D eigenvalue weighted by Crippen LogP contribution is 2.42. The molecule has 45 heavy (non-hydrogen) atoms. The first-order valence-corrected chi connectivity index (χ1v) is 16.7. The minimum atomic E-state index is -3.47. The molecule has 4 aromatic rings. The number of alkyl halides is 1. The number of phenols is 1. The Labute approximate surface area is 256 Å². The second-order valence-corrected chi connectivity index (χ2v) is 14.1. The van der Waals surface area contributed by atoms with Crippen LogP contribution in [0.4, 0.5) is 23.4 Å². The van der Waals surface area contributed by atoms with Gasteiger partial charge in [0.1, 0.15) is 29.9 Å². The summed E-state index contributed by atoms with van der Waals surface area (Å²) in [5.41, 5.74) is -0.865. The Balaban J connectivity index is 1.34. The number of rotatable bonds is 7. The molecule has 0 aliphatic carbocycles. The number of phenolic OH excluding ortho intramolecular Hbond substituents is 1. The molecule has 0 saturated carbocycles. The van der Waals surface area contributed by atoms with E-state index in [1.54, 1.807) is 6.07 Å². The minimum absolute atomic E-state index is 0.0666. The Bertz CT molecular complexity index is 1950. The number of nitrogens with one attached hydrogen (secondary N) is 1. The molecule has 3 aliphatic heterocycles. The SMILES string of the molecule is CS(=O)(=O)NC1CCN(c2nc(OC[C@@]34CCCN3C[C@H](F)C4)nc3c(F)c(-c4cc(O)cc5ccc(F)c(F)c45)ccc23)C1. The van der Waals surface area contributed by atoms with Crippen molar-refractivity contribution < 1.29 is 35.8 Å². The predicted octanol–water partition coefficient (Wildman–Crippen LogP) is 4.66. The Kier molecular flexibility index (Phi) is 7.28. The van der Waals surface area contributed by atoms with Crippen LogP contribution < -0.4 is 14.4 Å². The van der Waals surface area contributed by atoms with E-state index in [9.17, 15) is 22.3 Å². The van der Waals surface area contributed by atoms with Crippen molar-refractivity contribution in [3.63, 3.8) is 0 Å². The van der Waals surface area contributed by atoms with E-state index in [0.29, 0.717) is 37.1 Å². The van der Waals surface area contributed by atoms with E-state index >= 15 is 8.78 Å². The van der Waals surface area contributed by atoms with E-state index < -0.39 is 45.2 Å². The van der Waals surface area contributed by atoms with Crippen LogP contribution in [0.15, 0.2) is 36.4 Å². The van der Waals surface area contributed by atoms with Gasteiger partial charge in [-0.25, -0.2) is 30.7 Å². The maximum Gasteiger partial charge on any atom is 0.319 e. The molecular weight excluding hydrogens is 614 g/mol. The fraction of sp³-hybridized carbons (Fsp3) is 0.419. The first kappa shape index (κ1) is 29.9. The molecule has 0 amide bonds. The van der Waals surface area contributed by atoms with Crippen molar-refractivity contribution in [2.45, 2.75) is 43.4 Å². The molecule has 3 saturated heterocycles. The van der Waals surface area contributed by atoms with Gasteiger partial charge in [-0.3, -0.25) is 4.90 Å². The van der Waals surface area contributed by atoms with Gasteiger partial charge in [0.05, 0.1) is 11.8 Å². The molecule has 0 radical (unpaired) electrons. The molecule has 238 valence electrons. The summed E-state index contributed by atoms with van der Waals surface area (Å²) in [5.74, 6) is -3.12. The first-order chi connectivity index (χ1) is 21.4. The summed E-state index contributed by atoms with van der Waals surface area (Å²) in [6, 6.07) is 7.06. The second-order valence-electron chi connectivity index (χ2n) is 12.3. The van der Waals surface area contributed by atoms with Crippen LogP contribution in [0.1, 0.15) is 25.7 Å². The molecule has 1 unspecified atom stereocenters. The molecule has 14 heteroatoms. The first-order valence-electron chi connectivity index (χ1n) is 14.8. The van der Waals surface area contributed by atoms with E-state index in [-0.39, 0.29) is 52.3 Å². The lowest BCUT2D eigenvalue weighted by molar-refractivity contribution is 0.107. The van der Waals surface area contributed by atoms with Crippen molar-refractivity contribution in [1.29, 1.82) is 0 Å². The number of hydrogen-bond donors (Lipinski definition) is 2. The van der Waals surface area contributed by atoms with Crippen LogP contribution in [-0.2, 0) is 10.0 Å². The summed E-state index contributed by atoms with van der Waals surface area (Å²) < 4.78 is 92.8. The Morgan fingerprint density at radius 3 is 2.69 bits per heavy atom. The van der Waals surface area contributed by atoms with Crippen molar-refractivity contribution in [2.24, 2.45) is 0 Å². The zero-order valence-electron chi connectivity index (χ0n) is 24.4. The van der Waals surface area contributed by atoms with Gasteiger partial charge >= 0.3 is 6.01 Å². The van der Waals surface area contributed by atoms with Gasteiger partial charge in [-0.2, -0.15) is 9.97 Å². The van der Waals surface area contributed by atoms with Crippen molar-refractivity contribution >= 4 is 37.5 Å². The minimum Gasteiger partial charge on any atom is -0.508 e. The van der Waals surface area contributed by atoms with Crippen LogP contribution in [0.2, 0.25) is 0 Å². The average Bonchev–Trinajstić information content (AvgIpc) is 3.67. The topological polar surface area (TPSA) is 108 Å². The summed E-state index contributed by atoms with van der Waals surface area (Å²) >= 11 is 0. The zero-order chi connectivity index (χ0) is 31.7. The molecule has 3 aliphatic rings. The molecule has 3 fully saturated rings. The molecule has 1 aromatic heterocycles. The average molecular weight is 646 g/mol. The third-order valence-corrected chi connectivity index (χ3v) is 9.91. The normalized spacial score (nSPS) is 23.8. The van der Waals surface area contributed by atoms with Gasteiger partial charge in [0.15, 0.2) is 17.5 Å². The maximum absolute atomic E-state index is 16.6. The quantitative estimate of drug-likeness (QED) is 0.280. The molecule has 3 atom stereocenters. The second kappa shape index (κ2) is 11.0. The summed E-state index contributed by atoms with van der Waals surface area (Å²) in [4.78, 5) is 12.9. The predicted molar refractivity (Wildman–Crippen MR) is 161 cm³/mol. The smallest absolute Gasteiger partial charge is 0.319 e. The van der Waals surface area contributed by atoms with Gasteiger partial charge in [0.2, 0.25) is 10.0 Å². The van der Waals surface area contributed by atoms with E-state index in [0.717, 1.165) is 37.8 Å². The Hall–Kier alpha value is -3.75. The molecule has 3 aromatic carbocycles. The number of nitrogens with zero attached hydrogens (tertiary/aromatic N) is 4. The lowest BCUT2D eigenvalue weighted by atomic mass is 9.95. The maximum atomic E-state index is 16.6. The van der Waals surface area contributed by atoms with Crippen molar-refractivity contribution in [3.8, 4) is 22.9 Å². The number of benzene rings is 3. The van der Waals surface area contributed by atoms with E-state index in [4.69, 9.17) is 4.74 Å². The Morgan fingerprint density at radius 2 is 1.89 bits per heavy atom. The largest absolute Gasteiger partial charge is 0.508 e. The Morgan fingerprint density at radius 1 is 1.07 bits per heavy atom. The van der Waals surface area contributed by atoms with Gasteiger partial charge in [-0.1, -0.05) is 12.1 Å². The number of anilines is 1. The number of halogens is 4. The number of hydrogen-bond acceptors (Lipinski definition) is 8. The van der Waals surface area contributed by atoms with E-state index in [1.165, 1.54) is 18.2 Å². The van der Waals surface area contributed by atoms with E-state index in [2.05, 4.69) is 19.6 Å². The zero-order valence-corrected chi connectivity index (χ0v) is 25.2. The molecule has 0 bridgehead atoms. The summed E-state index contributed by atoms with van der Waals surface area (Å²) in [6.07, 6.45) is 2.53. The van der Waals surface area contributed by atoms with Crippen LogP contribution >= 0.6 is 0 Å². The molecule has 7 rings (SSSR count). The summed E-state index contributed by atoms with van der Waals surface area (Å²) in [5, 5.41) is 10.6. The molecule has 2 N–H and O–H groups in total. The molecular formula is C31H31F4N5O4S. The number of aromatic nitrogens is 2. The third kappa shape index (κ3) is 5.42. The highest BCUT2D eigenvalue weighted by Gasteiger charge is 2.49. The highest BCUT2D eigenvalue weighted by molar-refractivity contribution is 7.88. The summed E-state index contributed by atoms with van der Waals surface area (Å²) in [6.45, 7) is 1.83. The number of aromatic hydroxyl groups is 1. The van der Waals surface area contributed by atoms with Crippen molar-refractivity contribution in [1.82, 2.24) is 19.6 Å². The fourth-order valence-electron chi connectivity index (χ4n) is 7.23. The van der Waals surface area contributed by atoms with E-state index in [1.807, 2.05) is 4.90 Å². The lowest BCUT2D eigenvalue weighted by Crippen LogP contribution is -2.43. The fourth-order valence-corrected chi connectivity index (χ4v) is 8.03. The van der Waals surface area contributed by atoms with Gasteiger partial charge in [-0.15, -0.1) is 0 Å². The number of fused-ring (bicyclic) bond motifs is 3. The van der Waals surface area contributed by atoms with Crippen LogP contribution in [0.25, 0.3) is 32.8 Å². The number of sulfonamides is 1. The lowest BCUT2D eigenvalue weighted by Gasteiger charge is -2.31. The van der Waals surface area contributed by atoms with Crippen molar-refractivity contribution in [3.05, 3.63) is 53.8 Å². The molecule has 9 nitrogen and oxygen atoms in total. The van der Waals surface area contributed by atoms with Gasteiger partial charge < -0.3 is 14.7 Å².